The van der Waals surface area contributed by atoms with Crippen molar-refractivity contribution in [2.24, 2.45) is 5.92 Å². The Labute approximate surface area is 140 Å². The van der Waals surface area contributed by atoms with E-state index in [9.17, 15) is 9.59 Å². The molecule has 1 aliphatic heterocycles. The standard InChI is InChI=1S/C14H13BrCl2N2O2/c1-14(7-2-3-7)13(21)19(6-10(20)18-14)9-5-4-8(15)11(16)12(9)17/h4-5,7H,2-3,6H2,1H3,(H,18,20). The van der Waals surface area contributed by atoms with Gasteiger partial charge in [0.2, 0.25) is 5.91 Å². The summed E-state index contributed by atoms with van der Waals surface area (Å²) >= 11 is 15.6. The van der Waals surface area contributed by atoms with Crippen molar-refractivity contribution >= 4 is 56.6 Å². The number of halogens is 3. The Morgan fingerprint density at radius 2 is 1.95 bits per heavy atom. The number of benzene rings is 1. The van der Waals surface area contributed by atoms with Gasteiger partial charge in [-0.3, -0.25) is 14.5 Å². The highest BCUT2D eigenvalue weighted by atomic mass is 79.9. The van der Waals surface area contributed by atoms with E-state index in [0.717, 1.165) is 12.8 Å². The quantitative estimate of drug-likeness (QED) is 0.785. The third-order valence-corrected chi connectivity index (χ3v) is 5.85. The molecule has 7 heteroatoms. The molecule has 2 fully saturated rings. The van der Waals surface area contributed by atoms with Gasteiger partial charge in [0.25, 0.3) is 5.91 Å². The number of hydrogen-bond acceptors (Lipinski definition) is 2. The maximum atomic E-state index is 12.8. The fraction of sp³-hybridized carbons (Fsp3) is 0.429. The molecule has 1 saturated heterocycles. The third kappa shape index (κ3) is 2.45. The van der Waals surface area contributed by atoms with Crippen molar-refractivity contribution in [3.63, 3.8) is 0 Å². The minimum atomic E-state index is -0.849. The van der Waals surface area contributed by atoms with Gasteiger partial charge in [-0.25, -0.2) is 0 Å². The Balaban J connectivity index is 2.03. The number of hydrogen-bond donors (Lipinski definition) is 1. The van der Waals surface area contributed by atoms with Gasteiger partial charge in [0, 0.05) is 4.47 Å². The molecule has 1 aromatic carbocycles. The third-order valence-electron chi connectivity index (χ3n) is 4.09. The molecule has 1 unspecified atom stereocenters. The number of carbonyl (C=O) groups is 2. The van der Waals surface area contributed by atoms with Crippen LogP contribution < -0.4 is 10.2 Å². The second-order valence-electron chi connectivity index (χ2n) is 5.61. The van der Waals surface area contributed by atoms with E-state index in [1.807, 2.05) is 0 Å². The molecule has 0 radical (unpaired) electrons. The molecule has 1 aliphatic carbocycles. The fourth-order valence-electron chi connectivity index (χ4n) is 2.73. The molecule has 21 heavy (non-hydrogen) atoms. The summed E-state index contributed by atoms with van der Waals surface area (Å²) in [6, 6.07) is 3.42. The van der Waals surface area contributed by atoms with E-state index in [2.05, 4.69) is 21.2 Å². The first kappa shape index (κ1) is 15.1. The van der Waals surface area contributed by atoms with Crippen molar-refractivity contribution in [3.8, 4) is 0 Å². The van der Waals surface area contributed by atoms with Crippen molar-refractivity contribution in [2.45, 2.75) is 25.3 Å². The minimum absolute atomic E-state index is 0.0428. The van der Waals surface area contributed by atoms with E-state index in [-0.39, 0.29) is 29.3 Å². The highest BCUT2D eigenvalue weighted by molar-refractivity contribution is 9.10. The molecule has 3 rings (SSSR count). The summed E-state index contributed by atoms with van der Waals surface area (Å²) in [6.07, 6.45) is 1.90. The summed E-state index contributed by atoms with van der Waals surface area (Å²) in [5.74, 6) is -0.120. The lowest BCUT2D eigenvalue weighted by Crippen LogP contribution is -2.66. The smallest absolute Gasteiger partial charge is 0.253 e. The van der Waals surface area contributed by atoms with Crippen molar-refractivity contribution in [2.75, 3.05) is 11.4 Å². The first-order valence-corrected chi connectivity index (χ1v) is 8.16. The molecule has 2 amide bonds. The van der Waals surface area contributed by atoms with Crippen LogP contribution in [0.5, 0.6) is 0 Å². The van der Waals surface area contributed by atoms with Crippen molar-refractivity contribution < 1.29 is 9.59 Å². The van der Waals surface area contributed by atoms with E-state index in [0.29, 0.717) is 15.2 Å². The molecule has 1 atom stereocenters. The molecule has 0 spiro atoms. The minimum Gasteiger partial charge on any atom is -0.340 e. The number of carbonyl (C=O) groups excluding carboxylic acids is 2. The van der Waals surface area contributed by atoms with Crippen molar-refractivity contribution in [1.29, 1.82) is 0 Å². The number of piperazine rings is 1. The lowest BCUT2D eigenvalue weighted by atomic mass is 9.91. The van der Waals surface area contributed by atoms with Crippen LogP contribution in [0.2, 0.25) is 10.0 Å². The number of nitrogens with one attached hydrogen (secondary N) is 1. The second-order valence-corrected chi connectivity index (χ2v) is 7.22. The van der Waals surface area contributed by atoms with Gasteiger partial charge in [0.05, 0.1) is 15.7 Å². The van der Waals surface area contributed by atoms with Crippen molar-refractivity contribution in [1.82, 2.24) is 5.32 Å². The van der Waals surface area contributed by atoms with Crippen LogP contribution in [0.15, 0.2) is 16.6 Å². The summed E-state index contributed by atoms with van der Waals surface area (Å²) < 4.78 is 0.650. The highest BCUT2D eigenvalue weighted by Gasteiger charge is 2.53. The van der Waals surface area contributed by atoms with Gasteiger partial charge in [0.15, 0.2) is 0 Å². The molecule has 1 saturated carbocycles. The second kappa shape index (κ2) is 5.14. The first-order valence-electron chi connectivity index (χ1n) is 6.61. The van der Waals surface area contributed by atoms with E-state index in [1.54, 1.807) is 19.1 Å². The summed E-state index contributed by atoms with van der Waals surface area (Å²) in [7, 11) is 0. The van der Waals surface area contributed by atoms with E-state index >= 15 is 0 Å². The van der Waals surface area contributed by atoms with Gasteiger partial charge in [-0.1, -0.05) is 23.2 Å². The molecule has 112 valence electrons. The summed E-state index contributed by atoms with van der Waals surface area (Å²) in [6.45, 7) is 1.74. The molecular formula is C14H13BrCl2N2O2. The zero-order valence-corrected chi connectivity index (χ0v) is 14.3. The van der Waals surface area contributed by atoms with Gasteiger partial charge < -0.3 is 5.32 Å². The van der Waals surface area contributed by atoms with Gasteiger partial charge in [-0.2, -0.15) is 0 Å². The molecule has 1 aromatic rings. The van der Waals surface area contributed by atoms with Gasteiger partial charge in [0.1, 0.15) is 12.1 Å². The summed E-state index contributed by atoms with van der Waals surface area (Å²) in [4.78, 5) is 26.3. The Morgan fingerprint density at radius 1 is 1.29 bits per heavy atom. The van der Waals surface area contributed by atoms with Gasteiger partial charge in [-0.05, 0) is 53.7 Å². The van der Waals surface area contributed by atoms with Crippen LogP contribution in [-0.2, 0) is 9.59 Å². The number of amides is 2. The Bertz CT molecular complexity index is 648. The molecule has 1 N–H and O–H groups in total. The van der Waals surface area contributed by atoms with Crippen LogP contribution in [0.1, 0.15) is 19.8 Å². The van der Waals surface area contributed by atoms with Crippen LogP contribution in [0, 0.1) is 5.92 Å². The SMILES string of the molecule is CC1(C2CC2)NC(=O)CN(c2ccc(Br)c(Cl)c2Cl)C1=O. The molecule has 4 nitrogen and oxygen atoms in total. The maximum Gasteiger partial charge on any atom is 0.253 e. The predicted octanol–water partition coefficient (Wildman–Crippen LogP) is 3.39. The topological polar surface area (TPSA) is 49.4 Å². The van der Waals surface area contributed by atoms with Gasteiger partial charge >= 0.3 is 0 Å². The zero-order chi connectivity index (χ0) is 15.4. The van der Waals surface area contributed by atoms with Crippen LogP contribution in [0.3, 0.4) is 0 Å². The molecule has 1 heterocycles. The van der Waals surface area contributed by atoms with Crippen LogP contribution in [-0.4, -0.2) is 23.9 Å². The van der Waals surface area contributed by atoms with E-state index < -0.39 is 5.54 Å². The monoisotopic (exact) mass is 390 g/mol. The lowest BCUT2D eigenvalue weighted by Gasteiger charge is -2.40. The number of anilines is 1. The molecule has 0 bridgehead atoms. The predicted molar refractivity (Wildman–Crippen MR) is 85.8 cm³/mol. The first-order chi connectivity index (χ1) is 9.84. The summed E-state index contributed by atoms with van der Waals surface area (Å²) in [5, 5.41) is 3.44. The van der Waals surface area contributed by atoms with Crippen LogP contribution in [0.4, 0.5) is 5.69 Å². The Kier molecular flexibility index (Phi) is 3.71. The maximum absolute atomic E-state index is 12.8. The van der Waals surface area contributed by atoms with Gasteiger partial charge in [-0.15, -0.1) is 0 Å². The lowest BCUT2D eigenvalue weighted by molar-refractivity contribution is -0.136. The molecular weight excluding hydrogens is 379 g/mol. The molecule has 0 aromatic heterocycles. The van der Waals surface area contributed by atoms with Crippen LogP contribution >= 0.6 is 39.1 Å². The normalized spacial score (nSPS) is 26.0. The Morgan fingerprint density at radius 3 is 2.57 bits per heavy atom. The van der Waals surface area contributed by atoms with E-state index in [1.165, 1.54) is 4.90 Å². The average molecular weight is 392 g/mol. The average Bonchev–Trinajstić information content (AvgIpc) is 3.26. The Hall–Kier alpha value is -0.780. The number of rotatable bonds is 2. The van der Waals surface area contributed by atoms with Crippen LogP contribution in [0.25, 0.3) is 0 Å². The van der Waals surface area contributed by atoms with E-state index in [4.69, 9.17) is 23.2 Å². The summed E-state index contributed by atoms with van der Waals surface area (Å²) in [5.41, 5.74) is -0.380. The van der Waals surface area contributed by atoms with Crippen molar-refractivity contribution in [3.05, 3.63) is 26.7 Å². The zero-order valence-electron chi connectivity index (χ0n) is 11.3. The largest absolute Gasteiger partial charge is 0.340 e. The highest BCUT2D eigenvalue weighted by Crippen LogP contribution is 2.44. The fourth-order valence-corrected chi connectivity index (χ4v) is 3.61. The molecule has 2 aliphatic rings. The number of nitrogens with zero attached hydrogens (tertiary/aromatic N) is 1.